The summed E-state index contributed by atoms with van der Waals surface area (Å²) >= 11 is 0. The molecule has 2 fully saturated rings. The number of amides is 1. The molecule has 0 saturated carbocycles. The van der Waals surface area contributed by atoms with E-state index in [-0.39, 0.29) is 24.2 Å². The van der Waals surface area contributed by atoms with Crippen molar-refractivity contribution >= 4 is 27.7 Å². The number of carbonyl (C=O) groups is 1. The molecule has 6 heteroatoms. The number of rotatable bonds is 7. The number of fused-ring (bicyclic) bond motifs is 3. The molecule has 2 aliphatic rings. The van der Waals surface area contributed by atoms with Gasteiger partial charge < -0.3 is 19.4 Å². The predicted octanol–water partition coefficient (Wildman–Crippen LogP) is 4.09. The van der Waals surface area contributed by atoms with Gasteiger partial charge in [0, 0.05) is 61.6 Å². The van der Waals surface area contributed by atoms with Gasteiger partial charge >= 0.3 is 0 Å². The smallest absolute Gasteiger partial charge is 0.246 e. The number of benzene rings is 2. The van der Waals surface area contributed by atoms with Gasteiger partial charge in [-0.15, -0.1) is 0 Å². The highest BCUT2D eigenvalue weighted by molar-refractivity contribution is 6.08. The van der Waals surface area contributed by atoms with Crippen LogP contribution < -0.4 is 5.32 Å². The van der Waals surface area contributed by atoms with Crippen molar-refractivity contribution in [3.63, 3.8) is 0 Å². The second kappa shape index (κ2) is 9.45. The third kappa shape index (κ3) is 4.52. The summed E-state index contributed by atoms with van der Waals surface area (Å²) in [7, 11) is 1.54. The number of hydrogen-bond acceptors (Lipinski definition) is 4. The first-order valence-electron chi connectivity index (χ1n) is 12.3. The van der Waals surface area contributed by atoms with Crippen LogP contribution in [-0.2, 0) is 27.4 Å². The van der Waals surface area contributed by atoms with Crippen molar-refractivity contribution in [2.75, 3.05) is 33.4 Å². The van der Waals surface area contributed by atoms with E-state index in [0.717, 1.165) is 51.9 Å². The van der Waals surface area contributed by atoms with Gasteiger partial charge in [0.2, 0.25) is 5.91 Å². The first-order chi connectivity index (χ1) is 16.1. The van der Waals surface area contributed by atoms with Crippen LogP contribution in [-0.4, -0.2) is 60.4 Å². The molecule has 0 aliphatic carbocycles. The van der Waals surface area contributed by atoms with Crippen LogP contribution in [0.5, 0.6) is 0 Å². The van der Waals surface area contributed by atoms with Gasteiger partial charge in [0.1, 0.15) is 6.61 Å². The van der Waals surface area contributed by atoms with E-state index in [9.17, 15) is 4.79 Å². The minimum Gasteiger partial charge on any atom is -0.375 e. The average molecular weight is 450 g/mol. The Morgan fingerprint density at radius 1 is 1.12 bits per heavy atom. The maximum absolute atomic E-state index is 11.7. The summed E-state index contributed by atoms with van der Waals surface area (Å²) < 4.78 is 13.7. The number of aryl methyl sites for hydroxylation is 1. The second-order valence-corrected chi connectivity index (χ2v) is 9.59. The zero-order chi connectivity index (χ0) is 22.8. The molecule has 3 heterocycles. The highest BCUT2D eigenvalue weighted by Gasteiger charge is 2.42. The third-order valence-electron chi connectivity index (χ3n) is 7.47. The van der Waals surface area contributed by atoms with Crippen LogP contribution in [0.1, 0.15) is 38.2 Å². The molecule has 1 unspecified atom stereocenters. The summed E-state index contributed by atoms with van der Waals surface area (Å²) in [5, 5.41) is 5.62. The van der Waals surface area contributed by atoms with Crippen molar-refractivity contribution in [3.05, 3.63) is 48.0 Å². The summed E-state index contributed by atoms with van der Waals surface area (Å²) in [5.74, 6) is -0.0732. The van der Waals surface area contributed by atoms with Gasteiger partial charge in [-0.05, 0) is 56.4 Å². The van der Waals surface area contributed by atoms with Gasteiger partial charge in [0.05, 0.1) is 11.7 Å². The Morgan fingerprint density at radius 2 is 1.91 bits per heavy atom. The topological polar surface area (TPSA) is 55.7 Å². The number of methoxy groups -OCH3 is 1. The van der Waals surface area contributed by atoms with Gasteiger partial charge in [0.25, 0.3) is 0 Å². The molecule has 2 aliphatic heterocycles. The molecule has 1 amide bonds. The number of carbonyl (C=O) groups excluding carboxylic acids is 1. The molecule has 6 nitrogen and oxygen atoms in total. The molecule has 2 aromatic carbocycles. The quantitative estimate of drug-likeness (QED) is 0.590. The molecule has 1 N–H and O–H groups in total. The van der Waals surface area contributed by atoms with Gasteiger partial charge in [-0.25, -0.2) is 0 Å². The summed E-state index contributed by atoms with van der Waals surface area (Å²) in [6, 6.07) is 15.7. The molecule has 1 spiro atoms. The van der Waals surface area contributed by atoms with Crippen LogP contribution in [0.25, 0.3) is 21.8 Å². The van der Waals surface area contributed by atoms with Crippen molar-refractivity contribution in [1.29, 1.82) is 0 Å². The van der Waals surface area contributed by atoms with Crippen LogP contribution in [0, 0.1) is 0 Å². The fraction of sp³-hybridized carbons (Fsp3) is 0.519. The van der Waals surface area contributed by atoms with E-state index in [1.807, 2.05) is 0 Å². The average Bonchev–Trinajstić information content (AvgIpc) is 3.38. The number of piperidine rings is 1. The van der Waals surface area contributed by atoms with Gasteiger partial charge in [0.15, 0.2) is 0 Å². The highest BCUT2D eigenvalue weighted by Crippen LogP contribution is 2.39. The van der Waals surface area contributed by atoms with Crippen molar-refractivity contribution in [3.8, 4) is 0 Å². The predicted molar refractivity (Wildman–Crippen MR) is 131 cm³/mol. The molecule has 0 radical (unpaired) electrons. The normalized spacial score (nSPS) is 20.7. The Kier molecular flexibility index (Phi) is 6.41. The fourth-order valence-electron chi connectivity index (χ4n) is 5.73. The largest absolute Gasteiger partial charge is 0.375 e. The molecule has 5 rings (SSSR count). The minimum absolute atomic E-state index is 0.00828. The van der Waals surface area contributed by atoms with E-state index in [0.29, 0.717) is 6.54 Å². The second-order valence-electron chi connectivity index (χ2n) is 9.59. The lowest BCUT2D eigenvalue weighted by atomic mass is 9.88. The van der Waals surface area contributed by atoms with E-state index in [1.165, 1.54) is 34.5 Å². The molecule has 1 atom stereocenters. The zero-order valence-electron chi connectivity index (χ0n) is 19.8. The Labute approximate surface area is 195 Å². The van der Waals surface area contributed by atoms with E-state index in [4.69, 9.17) is 9.47 Å². The SMILES string of the molecule is CCn1c2ccccc2c2cc(CN3CCC4(CCC(CNC(=O)COC)O4)CC3)ccc21. The molecule has 3 aromatic rings. The van der Waals surface area contributed by atoms with E-state index >= 15 is 0 Å². The lowest BCUT2D eigenvalue weighted by molar-refractivity contribution is -0.126. The Bertz CT molecular complexity index is 1130. The molecular weight excluding hydrogens is 414 g/mol. The van der Waals surface area contributed by atoms with Crippen LogP contribution in [0.3, 0.4) is 0 Å². The molecule has 33 heavy (non-hydrogen) atoms. The standard InChI is InChI=1S/C27H35N3O3/c1-3-30-24-7-5-4-6-22(24)23-16-20(8-9-25(23)30)18-29-14-12-27(13-15-29)11-10-21(33-27)17-28-26(31)19-32-2/h4-9,16,21H,3,10-15,17-19H2,1-2H3,(H,28,31). The van der Waals surface area contributed by atoms with Gasteiger partial charge in [-0.2, -0.15) is 0 Å². The maximum Gasteiger partial charge on any atom is 0.246 e. The van der Waals surface area contributed by atoms with Gasteiger partial charge in [-0.1, -0.05) is 24.3 Å². The number of nitrogens with zero attached hydrogens (tertiary/aromatic N) is 2. The van der Waals surface area contributed by atoms with Crippen LogP contribution >= 0.6 is 0 Å². The summed E-state index contributed by atoms with van der Waals surface area (Å²) in [5.41, 5.74) is 4.01. The number of ether oxygens (including phenoxy) is 2. The number of hydrogen-bond donors (Lipinski definition) is 1. The summed E-state index contributed by atoms with van der Waals surface area (Å²) in [6.45, 7) is 6.97. The van der Waals surface area contributed by atoms with E-state index < -0.39 is 0 Å². The Morgan fingerprint density at radius 3 is 2.70 bits per heavy atom. The summed E-state index contributed by atoms with van der Waals surface area (Å²) in [6.07, 6.45) is 4.36. The van der Waals surface area contributed by atoms with Crippen molar-refractivity contribution in [2.24, 2.45) is 0 Å². The third-order valence-corrected chi connectivity index (χ3v) is 7.47. The number of likely N-dealkylation sites (tertiary alicyclic amines) is 1. The maximum atomic E-state index is 11.7. The van der Waals surface area contributed by atoms with Gasteiger partial charge in [-0.3, -0.25) is 9.69 Å². The molecule has 176 valence electrons. The summed E-state index contributed by atoms with van der Waals surface area (Å²) in [4.78, 5) is 14.2. The first kappa shape index (κ1) is 22.4. The van der Waals surface area contributed by atoms with Crippen molar-refractivity contribution in [2.45, 2.75) is 57.4 Å². The Hall–Kier alpha value is -2.41. The Balaban J connectivity index is 1.20. The number of nitrogens with one attached hydrogen (secondary N) is 1. The monoisotopic (exact) mass is 449 g/mol. The molecule has 1 aromatic heterocycles. The van der Waals surface area contributed by atoms with Crippen molar-refractivity contribution in [1.82, 2.24) is 14.8 Å². The van der Waals surface area contributed by atoms with Crippen LogP contribution in [0.2, 0.25) is 0 Å². The lowest BCUT2D eigenvalue weighted by Gasteiger charge is -2.39. The zero-order valence-corrected chi connectivity index (χ0v) is 19.8. The number of aromatic nitrogens is 1. The molecule has 0 bridgehead atoms. The first-order valence-corrected chi connectivity index (χ1v) is 12.3. The molecular formula is C27H35N3O3. The van der Waals surface area contributed by atoms with Crippen LogP contribution in [0.4, 0.5) is 0 Å². The highest BCUT2D eigenvalue weighted by atomic mass is 16.5. The fourth-order valence-corrected chi connectivity index (χ4v) is 5.73. The van der Waals surface area contributed by atoms with Crippen LogP contribution in [0.15, 0.2) is 42.5 Å². The lowest BCUT2D eigenvalue weighted by Crippen LogP contribution is -2.45. The van der Waals surface area contributed by atoms with E-state index in [2.05, 4.69) is 64.2 Å². The van der Waals surface area contributed by atoms with Crippen molar-refractivity contribution < 1.29 is 14.3 Å². The molecule has 2 saturated heterocycles. The number of para-hydroxylation sites is 1. The minimum atomic E-state index is -0.0732. The van der Waals surface area contributed by atoms with E-state index in [1.54, 1.807) is 0 Å².